The van der Waals surface area contributed by atoms with Gasteiger partial charge in [0.25, 0.3) is 5.91 Å². The van der Waals surface area contributed by atoms with E-state index in [0.29, 0.717) is 11.7 Å². The van der Waals surface area contributed by atoms with E-state index in [1.165, 1.54) is 0 Å². The van der Waals surface area contributed by atoms with Crippen LogP contribution in [0.25, 0.3) is 0 Å². The quantitative estimate of drug-likeness (QED) is 0.782. The molecule has 0 radical (unpaired) electrons. The van der Waals surface area contributed by atoms with Crippen LogP contribution in [0.1, 0.15) is 35.8 Å². The van der Waals surface area contributed by atoms with E-state index >= 15 is 0 Å². The van der Waals surface area contributed by atoms with Crippen molar-refractivity contribution in [3.63, 3.8) is 0 Å². The Hall–Kier alpha value is -1.47. The molecule has 1 aliphatic heterocycles. The zero-order valence-corrected chi connectivity index (χ0v) is 11.0. The predicted molar refractivity (Wildman–Crippen MR) is 67.8 cm³/mol. The van der Waals surface area contributed by atoms with E-state index in [9.17, 15) is 4.79 Å². The first-order valence-electron chi connectivity index (χ1n) is 6.74. The zero-order chi connectivity index (χ0) is 13.2. The molecule has 2 unspecified atom stereocenters. The molecule has 2 heterocycles. The highest BCUT2D eigenvalue weighted by molar-refractivity contribution is 5.92. The molecule has 0 aromatic carbocycles. The minimum atomic E-state index is -0.160. The van der Waals surface area contributed by atoms with Crippen LogP contribution in [0.2, 0.25) is 0 Å². The molecule has 1 aromatic rings. The first kappa shape index (κ1) is 12.6. The lowest BCUT2D eigenvalue weighted by Gasteiger charge is -2.26. The Morgan fingerprint density at radius 1 is 1.53 bits per heavy atom. The predicted octanol–water partition coefficient (Wildman–Crippen LogP) is -0.280. The molecule has 0 spiro atoms. The minimum Gasteiger partial charge on any atom is -0.379 e. The van der Waals surface area contributed by atoms with Crippen molar-refractivity contribution < 1.29 is 9.53 Å². The summed E-state index contributed by atoms with van der Waals surface area (Å²) in [6.45, 7) is 1.78. The molecule has 1 aromatic heterocycles. The van der Waals surface area contributed by atoms with E-state index in [-0.39, 0.29) is 18.1 Å². The van der Waals surface area contributed by atoms with Crippen LogP contribution >= 0.6 is 0 Å². The molecule has 0 bridgehead atoms. The topological polar surface area (TPSA) is 81.1 Å². The average molecular weight is 265 g/mol. The van der Waals surface area contributed by atoms with Gasteiger partial charge in [0.15, 0.2) is 5.69 Å². The Morgan fingerprint density at radius 3 is 3.05 bits per heavy atom. The van der Waals surface area contributed by atoms with Gasteiger partial charge < -0.3 is 15.4 Å². The van der Waals surface area contributed by atoms with Gasteiger partial charge in [0.2, 0.25) is 0 Å². The third kappa shape index (κ3) is 2.48. The van der Waals surface area contributed by atoms with Gasteiger partial charge in [-0.15, -0.1) is 5.10 Å². The third-order valence-corrected chi connectivity index (χ3v) is 3.95. The van der Waals surface area contributed by atoms with Crippen molar-refractivity contribution in [3.8, 4) is 0 Å². The fraction of sp³-hybridized carbons (Fsp3) is 0.750. The summed E-state index contributed by atoms with van der Waals surface area (Å²) in [6.07, 6.45) is 4.89. The van der Waals surface area contributed by atoms with Crippen molar-refractivity contribution in [1.82, 2.24) is 25.6 Å². The van der Waals surface area contributed by atoms with Crippen LogP contribution in [0.3, 0.4) is 0 Å². The maximum absolute atomic E-state index is 12.1. The number of methoxy groups -OCH3 is 1. The number of rotatable bonds is 4. The molecule has 7 heteroatoms. The molecule has 2 fully saturated rings. The molecule has 1 aliphatic carbocycles. The van der Waals surface area contributed by atoms with Gasteiger partial charge in [0.05, 0.1) is 24.4 Å². The monoisotopic (exact) mass is 265 g/mol. The SMILES string of the molecule is COC1CCCC1NC(=O)c1cn(C2CNC2)nn1. The lowest BCUT2D eigenvalue weighted by molar-refractivity contribution is 0.0719. The van der Waals surface area contributed by atoms with E-state index in [1.807, 2.05) is 0 Å². The Morgan fingerprint density at radius 2 is 2.37 bits per heavy atom. The molecular weight excluding hydrogens is 246 g/mol. The normalized spacial score (nSPS) is 27.2. The molecule has 2 atom stereocenters. The number of carbonyl (C=O) groups excluding carboxylic acids is 1. The van der Waals surface area contributed by atoms with Crippen molar-refractivity contribution in [2.24, 2.45) is 0 Å². The lowest BCUT2D eigenvalue weighted by atomic mass is 10.2. The van der Waals surface area contributed by atoms with Crippen molar-refractivity contribution >= 4 is 5.91 Å². The third-order valence-electron chi connectivity index (χ3n) is 3.95. The molecule has 3 rings (SSSR count). The second kappa shape index (κ2) is 5.26. The van der Waals surface area contributed by atoms with E-state index in [0.717, 1.165) is 32.4 Å². The van der Waals surface area contributed by atoms with Crippen molar-refractivity contribution in [2.45, 2.75) is 37.5 Å². The molecular formula is C12H19N5O2. The van der Waals surface area contributed by atoms with E-state index in [1.54, 1.807) is 18.0 Å². The molecule has 2 N–H and O–H groups in total. The molecule has 2 aliphatic rings. The van der Waals surface area contributed by atoms with Crippen molar-refractivity contribution in [3.05, 3.63) is 11.9 Å². The van der Waals surface area contributed by atoms with Crippen LogP contribution in [0.15, 0.2) is 6.20 Å². The standard InChI is InChI=1S/C12H19N5O2/c1-19-11-4-2-3-9(11)14-12(18)10-7-17(16-15-10)8-5-13-6-8/h7-9,11,13H,2-6H2,1H3,(H,14,18). The first-order chi connectivity index (χ1) is 9.28. The average Bonchev–Trinajstić information content (AvgIpc) is 2.95. The Kier molecular flexibility index (Phi) is 3.48. The number of carbonyl (C=O) groups is 1. The van der Waals surface area contributed by atoms with Crippen molar-refractivity contribution in [2.75, 3.05) is 20.2 Å². The zero-order valence-electron chi connectivity index (χ0n) is 11.0. The summed E-state index contributed by atoms with van der Waals surface area (Å²) in [6, 6.07) is 0.417. The molecule has 1 amide bonds. The van der Waals surface area contributed by atoms with E-state index in [2.05, 4.69) is 20.9 Å². The van der Waals surface area contributed by atoms with Crippen LogP contribution in [0.4, 0.5) is 0 Å². The van der Waals surface area contributed by atoms with Crippen molar-refractivity contribution in [1.29, 1.82) is 0 Å². The van der Waals surface area contributed by atoms with Crippen LogP contribution in [0.5, 0.6) is 0 Å². The molecule has 104 valence electrons. The second-order valence-corrected chi connectivity index (χ2v) is 5.18. The smallest absolute Gasteiger partial charge is 0.273 e. The number of nitrogens with zero attached hydrogens (tertiary/aromatic N) is 3. The summed E-state index contributed by atoms with van der Waals surface area (Å²) in [5.41, 5.74) is 0.383. The van der Waals surface area contributed by atoms with Crippen LogP contribution in [-0.4, -0.2) is 53.2 Å². The summed E-state index contributed by atoms with van der Waals surface area (Å²) >= 11 is 0. The maximum Gasteiger partial charge on any atom is 0.273 e. The molecule has 1 saturated heterocycles. The molecule has 7 nitrogen and oxygen atoms in total. The Labute approximate surface area is 111 Å². The number of amides is 1. The molecule has 1 saturated carbocycles. The number of nitrogens with one attached hydrogen (secondary N) is 2. The van der Waals surface area contributed by atoms with Gasteiger partial charge in [-0.05, 0) is 19.3 Å². The number of aromatic nitrogens is 3. The van der Waals surface area contributed by atoms with Gasteiger partial charge >= 0.3 is 0 Å². The fourth-order valence-electron chi connectivity index (χ4n) is 2.64. The summed E-state index contributed by atoms with van der Waals surface area (Å²) in [7, 11) is 1.69. The van der Waals surface area contributed by atoms with Gasteiger partial charge in [-0.2, -0.15) is 0 Å². The maximum atomic E-state index is 12.1. The summed E-state index contributed by atoms with van der Waals surface area (Å²) in [5, 5.41) is 14.1. The number of hydrogen-bond acceptors (Lipinski definition) is 5. The van der Waals surface area contributed by atoms with Crippen LogP contribution in [-0.2, 0) is 4.74 Å². The Balaban J connectivity index is 1.61. The van der Waals surface area contributed by atoms with Gasteiger partial charge in [-0.3, -0.25) is 4.79 Å². The number of hydrogen-bond donors (Lipinski definition) is 2. The largest absolute Gasteiger partial charge is 0.379 e. The van der Waals surface area contributed by atoms with Crippen LogP contribution < -0.4 is 10.6 Å². The summed E-state index contributed by atoms with van der Waals surface area (Å²) in [4.78, 5) is 12.1. The Bertz CT molecular complexity index is 457. The van der Waals surface area contributed by atoms with Gasteiger partial charge in [0, 0.05) is 20.2 Å². The van der Waals surface area contributed by atoms with Crippen LogP contribution in [0, 0.1) is 0 Å². The van der Waals surface area contributed by atoms with Gasteiger partial charge in [-0.25, -0.2) is 4.68 Å². The first-order valence-corrected chi connectivity index (χ1v) is 6.74. The fourth-order valence-corrected chi connectivity index (χ4v) is 2.64. The van der Waals surface area contributed by atoms with E-state index in [4.69, 9.17) is 4.74 Å². The van der Waals surface area contributed by atoms with E-state index < -0.39 is 0 Å². The minimum absolute atomic E-state index is 0.0908. The lowest BCUT2D eigenvalue weighted by Crippen LogP contribution is -2.43. The second-order valence-electron chi connectivity index (χ2n) is 5.18. The number of ether oxygens (including phenoxy) is 1. The highest BCUT2D eigenvalue weighted by Gasteiger charge is 2.29. The summed E-state index contributed by atoms with van der Waals surface area (Å²) < 4.78 is 7.12. The van der Waals surface area contributed by atoms with Gasteiger partial charge in [0.1, 0.15) is 0 Å². The highest BCUT2D eigenvalue weighted by atomic mass is 16.5. The summed E-state index contributed by atoms with van der Waals surface area (Å²) in [5.74, 6) is -0.160. The molecule has 19 heavy (non-hydrogen) atoms. The van der Waals surface area contributed by atoms with Gasteiger partial charge in [-0.1, -0.05) is 5.21 Å². The highest BCUT2D eigenvalue weighted by Crippen LogP contribution is 2.21.